The lowest BCUT2D eigenvalue weighted by Gasteiger charge is -2.08. The Kier molecular flexibility index (Phi) is 6.68. The third kappa shape index (κ3) is 5.97. The number of amides is 2. The first-order valence-corrected chi connectivity index (χ1v) is 9.35. The topological polar surface area (TPSA) is 71.1 Å². The summed E-state index contributed by atoms with van der Waals surface area (Å²) in [5.41, 5.74) is 3.39. The zero-order valence-corrected chi connectivity index (χ0v) is 16.1. The van der Waals surface area contributed by atoms with Gasteiger partial charge < -0.3 is 10.6 Å². The number of nitrogens with one attached hydrogen (secondary N) is 2. The van der Waals surface area contributed by atoms with E-state index in [1.54, 1.807) is 30.3 Å². The van der Waals surface area contributed by atoms with Crippen LogP contribution in [0, 0.1) is 12.7 Å². The number of carbonyl (C=O) groups is 2. The summed E-state index contributed by atoms with van der Waals surface area (Å²) in [5.74, 6) is -0.993. The highest BCUT2D eigenvalue weighted by molar-refractivity contribution is 5.96. The van der Waals surface area contributed by atoms with Gasteiger partial charge in [0, 0.05) is 13.1 Å². The molecule has 0 aliphatic heterocycles. The van der Waals surface area contributed by atoms with Gasteiger partial charge in [0.2, 0.25) is 0 Å². The number of carbonyl (C=O) groups excluding carboxylic acids is 2. The van der Waals surface area contributed by atoms with Gasteiger partial charge >= 0.3 is 0 Å². The molecule has 0 saturated carbocycles. The summed E-state index contributed by atoms with van der Waals surface area (Å²) < 4.78 is 12.9. The van der Waals surface area contributed by atoms with Crippen LogP contribution in [0.2, 0.25) is 0 Å². The van der Waals surface area contributed by atoms with Crippen molar-refractivity contribution in [1.29, 1.82) is 0 Å². The Labute approximate surface area is 169 Å². The van der Waals surface area contributed by atoms with Crippen molar-refractivity contribution in [2.75, 3.05) is 6.54 Å². The second kappa shape index (κ2) is 9.59. The van der Waals surface area contributed by atoms with Crippen molar-refractivity contribution in [3.8, 4) is 0 Å². The minimum absolute atomic E-state index is 0.173. The van der Waals surface area contributed by atoms with E-state index in [1.807, 2.05) is 31.2 Å². The van der Waals surface area contributed by atoms with Gasteiger partial charge in [-0.05, 0) is 48.7 Å². The summed E-state index contributed by atoms with van der Waals surface area (Å²) in [7, 11) is 0. The van der Waals surface area contributed by atoms with Crippen LogP contribution in [0.3, 0.4) is 0 Å². The molecule has 29 heavy (non-hydrogen) atoms. The number of hydrogen-bond donors (Lipinski definition) is 2. The Bertz CT molecular complexity index is 1000. The molecule has 2 amide bonds. The lowest BCUT2D eigenvalue weighted by molar-refractivity contribution is 0.0943. The van der Waals surface area contributed by atoms with E-state index in [2.05, 4.69) is 15.6 Å². The number of hydrogen-bond acceptors (Lipinski definition) is 3. The van der Waals surface area contributed by atoms with E-state index in [0.29, 0.717) is 19.5 Å². The minimum atomic E-state index is -0.361. The van der Waals surface area contributed by atoms with Crippen molar-refractivity contribution >= 4 is 11.8 Å². The zero-order chi connectivity index (χ0) is 20.6. The van der Waals surface area contributed by atoms with Crippen molar-refractivity contribution < 1.29 is 14.0 Å². The molecule has 0 unspecified atom stereocenters. The van der Waals surface area contributed by atoms with E-state index in [1.165, 1.54) is 12.1 Å². The maximum absolute atomic E-state index is 12.9. The molecule has 0 aliphatic carbocycles. The van der Waals surface area contributed by atoms with Crippen molar-refractivity contribution in [2.24, 2.45) is 0 Å². The number of benzene rings is 2. The first kappa shape index (κ1) is 20.2. The zero-order valence-electron chi connectivity index (χ0n) is 16.1. The van der Waals surface area contributed by atoms with Crippen molar-refractivity contribution in [3.63, 3.8) is 0 Å². The van der Waals surface area contributed by atoms with Crippen LogP contribution in [0.25, 0.3) is 0 Å². The Hall–Kier alpha value is -3.54. The maximum Gasteiger partial charge on any atom is 0.270 e. The van der Waals surface area contributed by atoms with E-state index in [4.69, 9.17) is 0 Å². The summed E-state index contributed by atoms with van der Waals surface area (Å²) in [4.78, 5) is 28.8. The van der Waals surface area contributed by atoms with Crippen LogP contribution in [0.4, 0.5) is 4.39 Å². The van der Waals surface area contributed by atoms with E-state index in [-0.39, 0.29) is 29.0 Å². The van der Waals surface area contributed by atoms with Crippen molar-refractivity contribution in [3.05, 3.63) is 101 Å². The van der Waals surface area contributed by atoms with Gasteiger partial charge in [-0.15, -0.1) is 0 Å². The molecule has 0 saturated heterocycles. The van der Waals surface area contributed by atoms with Crippen LogP contribution in [-0.4, -0.2) is 23.3 Å². The number of nitrogens with zero attached hydrogens (tertiary/aromatic N) is 1. The first-order valence-electron chi connectivity index (χ1n) is 9.35. The van der Waals surface area contributed by atoms with Crippen LogP contribution in [-0.2, 0) is 13.0 Å². The Morgan fingerprint density at radius 2 is 1.52 bits per heavy atom. The Morgan fingerprint density at radius 1 is 0.862 bits per heavy atom. The van der Waals surface area contributed by atoms with Crippen molar-refractivity contribution in [2.45, 2.75) is 19.9 Å². The number of aromatic nitrogens is 1. The molecule has 5 nitrogen and oxygen atoms in total. The van der Waals surface area contributed by atoms with Crippen LogP contribution in [0.1, 0.15) is 37.7 Å². The van der Waals surface area contributed by atoms with Gasteiger partial charge in [-0.1, -0.05) is 48.0 Å². The number of pyridine rings is 1. The minimum Gasteiger partial charge on any atom is -0.350 e. The molecular weight excluding hydrogens is 369 g/mol. The Morgan fingerprint density at radius 3 is 2.21 bits per heavy atom. The first-order chi connectivity index (χ1) is 14.0. The number of halogens is 1. The summed E-state index contributed by atoms with van der Waals surface area (Å²) in [5, 5.41) is 5.58. The molecule has 2 N–H and O–H groups in total. The molecule has 3 rings (SSSR count). The van der Waals surface area contributed by atoms with E-state index in [0.717, 1.165) is 16.7 Å². The highest BCUT2D eigenvalue weighted by Crippen LogP contribution is 2.06. The van der Waals surface area contributed by atoms with E-state index < -0.39 is 0 Å². The lowest BCUT2D eigenvalue weighted by atomic mass is 10.1. The fourth-order valence-electron chi connectivity index (χ4n) is 2.84. The average Bonchev–Trinajstić information content (AvgIpc) is 2.73. The molecular formula is C23H22FN3O2. The molecule has 1 aromatic heterocycles. The summed E-state index contributed by atoms with van der Waals surface area (Å²) >= 11 is 0. The maximum atomic E-state index is 12.9. The standard InChI is InChI=1S/C23H22FN3O2/c1-16-4-2-5-18(14-16)15-26-23(29)21-7-3-6-20(27-21)22(28)25-13-12-17-8-10-19(24)11-9-17/h2-11,14H,12-13,15H2,1H3,(H,25,28)(H,26,29). The third-order valence-corrected chi connectivity index (χ3v) is 4.36. The predicted molar refractivity (Wildman–Crippen MR) is 109 cm³/mol. The molecule has 1 heterocycles. The Balaban J connectivity index is 1.54. The highest BCUT2D eigenvalue weighted by atomic mass is 19.1. The smallest absolute Gasteiger partial charge is 0.270 e. The molecule has 0 bridgehead atoms. The molecule has 0 spiro atoms. The van der Waals surface area contributed by atoms with Crippen LogP contribution in [0.5, 0.6) is 0 Å². The van der Waals surface area contributed by atoms with E-state index >= 15 is 0 Å². The normalized spacial score (nSPS) is 10.4. The second-order valence-electron chi connectivity index (χ2n) is 6.71. The van der Waals surface area contributed by atoms with Gasteiger partial charge in [0.1, 0.15) is 17.2 Å². The quantitative estimate of drug-likeness (QED) is 0.648. The summed E-state index contributed by atoms with van der Waals surface area (Å²) in [6.07, 6.45) is 0.572. The van der Waals surface area contributed by atoms with Crippen molar-refractivity contribution in [1.82, 2.24) is 15.6 Å². The summed E-state index contributed by atoms with van der Waals surface area (Å²) in [6.45, 7) is 2.76. The lowest BCUT2D eigenvalue weighted by Crippen LogP contribution is -2.28. The molecule has 6 heteroatoms. The van der Waals surface area contributed by atoms with Gasteiger partial charge in [0.15, 0.2) is 0 Å². The predicted octanol–water partition coefficient (Wildman–Crippen LogP) is 3.43. The molecule has 0 fully saturated rings. The fraction of sp³-hybridized carbons (Fsp3) is 0.174. The SMILES string of the molecule is Cc1cccc(CNC(=O)c2cccc(C(=O)NCCc3ccc(F)cc3)n2)c1. The molecule has 0 atom stereocenters. The average molecular weight is 391 g/mol. The molecule has 0 radical (unpaired) electrons. The van der Waals surface area contributed by atoms with Gasteiger partial charge in [-0.3, -0.25) is 9.59 Å². The monoisotopic (exact) mass is 391 g/mol. The van der Waals surface area contributed by atoms with Gasteiger partial charge in [-0.2, -0.15) is 0 Å². The molecule has 3 aromatic rings. The van der Waals surface area contributed by atoms with Crippen LogP contribution < -0.4 is 10.6 Å². The second-order valence-corrected chi connectivity index (χ2v) is 6.71. The molecule has 148 valence electrons. The van der Waals surface area contributed by atoms with Crippen LogP contribution in [0.15, 0.2) is 66.7 Å². The number of aryl methyl sites for hydroxylation is 1. The van der Waals surface area contributed by atoms with Gasteiger partial charge in [-0.25, -0.2) is 9.37 Å². The van der Waals surface area contributed by atoms with E-state index in [9.17, 15) is 14.0 Å². The summed E-state index contributed by atoms with van der Waals surface area (Å²) in [6, 6.07) is 18.8. The largest absolute Gasteiger partial charge is 0.350 e. The van der Waals surface area contributed by atoms with Crippen LogP contribution >= 0.6 is 0 Å². The fourth-order valence-corrected chi connectivity index (χ4v) is 2.84. The molecule has 0 aliphatic rings. The third-order valence-electron chi connectivity index (χ3n) is 4.36. The number of rotatable bonds is 7. The van der Waals surface area contributed by atoms with Gasteiger partial charge in [0.05, 0.1) is 0 Å². The van der Waals surface area contributed by atoms with Gasteiger partial charge in [0.25, 0.3) is 11.8 Å². The molecule has 2 aromatic carbocycles. The highest BCUT2D eigenvalue weighted by Gasteiger charge is 2.12.